The highest BCUT2D eigenvalue weighted by Gasteiger charge is 2.19. The third-order valence-electron chi connectivity index (χ3n) is 1.92. The zero-order chi connectivity index (χ0) is 8.55. The number of anilines is 1. The molecule has 0 spiro atoms. The van der Waals surface area contributed by atoms with Crippen molar-refractivity contribution in [2.75, 3.05) is 18.0 Å². The number of rotatable bonds is 2. The van der Waals surface area contributed by atoms with Crippen molar-refractivity contribution in [1.29, 1.82) is 0 Å². The second-order valence-corrected chi connectivity index (χ2v) is 3.87. The fraction of sp³-hybridized carbons (Fsp3) is 0.222. The Morgan fingerprint density at radius 3 is 2.83 bits per heavy atom. The Labute approximate surface area is 75.1 Å². The fourth-order valence-corrected chi connectivity index (χ4v) is 1.96. The molecule has 1 saturated heterocycles. The van der Waals surface area contributed by atoms with Gasteiger partial charge in [0.05, 0.1) is 4.88 Å². The summed E-state index contributed by atoms with van der Waals surface area (Å²) in [4.78, 5) is 13.4. The molecule has 1 fully saturated rings. The molecular weight excluding hydrogens is 170 g/mol. The maximum Gasteiger partial charge on any atom is 0.160 e. The molecule has 0 radical (unpaired) electrons. The Morgan fingerprint density at radius 1 is 1.58 bits per heavy atom. The molecule has 0 saturated carbocycles. The zero-order valence-electron chi connectivity index (χ0n) is 6.62. The van der Waals surface area contributed by atoms with E-state index in [1.165, 1.54) is 16.9 Å². The predicted molar refractivity (Wildman–Crippen MR) is 51.1 cm³/mol. The second-order valence-electron chi connectivity index (χ2n) is 2.93. The molecule has 0 bridgehead atoms. The minimum absolute atomic E-state index is 0.794. The van der Waals surface area contributed by atoms with Gasteiger partial charge in [-0.3, -0.25) is 4.79 Å². The van der Waals surface area contributed by atoms with Crippen molar-refractivity contribution >= 4 is 23.3 Å². The monoisotopic (exact) mass is 179 g/mol. The van der Waals surface area contributed by atoms with Crippen molar-refractivity contribution in [2.45, 2.75) is 0 Å². The van der Waals surface area contributed by atoms with Crippen molar-refractivity contribution in [2.24, 2.45) is 0 Å². The quantitative estimate of drug-likeness (QED) is 0.511. The van der Waals surface area contributed by atoms with E-state index in [9.17, 15) is 4.79 Å². The number of carbonyl (C=O) groups is 1. The van der Waals surface area contributed by atoms with Gasteiger partial charge < -0.3 is 4.90 Å². The van der Waals surface area contributed by atoms with E-state index in [-0.39, 0.29) is 0 Å². The predicted octanol–water partition coefficient (Wildman–Crippen LogP) is 1.94. The van der Waals surface area contributed by atoms with Crippen LogP contribution in [0.15, 0.2) is 23.6 Å². The summed E-state index contributed by atoms with van der Waals surface area (Å²) in [6.45, 7) is 5.73. The van der Waals surface area contributed by atoms with Gasteiger partial charge >= 0.3 is 0 Å². The smallest absolute Gasteiger partial charge is 0.160 e. The first-order valence-corrected chi connectivity index (χ1v) is 4.63. The van der Waals surface area contributed by atoms with E-state index in [1.54, 1.807) is 0 Å². The molecule has 62 valence electrons. The van der Waals surface area contributed by atoms with Crippen LogP contribution in [0.4, 0.5) is 5.69 Å². The van der Waals surface area contributed by atoms with Crippen LogP contribution in [-0.2, 0) is 0 Å². The molecule has 0 aromatic carbocycles. The van der Waals surface area contributed by atoms with Crippen LogP contribution in [0.2, 0.25) is 0 Å². The Hall–Kier alpha value is -1.09. The van der Waals surface area contributed by atoms with Crippen LogP contribution in [0.5, 0.6) is 0 Å². The fourth-order valence-electron chi connectivity index (χ4n) is 1.25. The van der Waals surface area contributed by atoms with Crippen LogP contribution in [0.1, 0.15) is 9.67 Å². The molecule has 0 N–H and O–H groups in total. The summed E-state index contributed by atoms with van der Waals surface area (Å²) in [6, 6.07) is 1.92. The number of thiophene rings is 1. The standard InChI is InChI=1S/C9H9NOS/c1-7-3-10(4-7)8-2-9(5-11)12-6-8/h2,5-6H,1,3-4H2. The van der Waals surface area contributed by atoms with Gasteiger partial charge in [-0.25, -0.2) is 0 Å². The van der Waals surface area contributed by atoms with Crippen molar-refractivity contribution < 1.29 is 4.79 Å². The van der Waals surface area contributed by atoms with Gasteiger partial charge in [0.2, 0.25) is 0 Å². The first-order chi connectivity index (χ1) is 5.79. The Morgan fingerprint density at radius 2 is 2.33 bits per heavy atom. The minimum atomic E-state index is 0.794. The lowest BCUT2D eigenvalue weighted by Crippen LogP contribution is -2.39. The van der Waals surface area contributed by atoms with Crippen LogP contribution in [-0.4, -0.2) is 19.4 Å². The highest BCUT2D eigenvalue weighted by Crippen LogP contribution is 2.27. The van der Waals surface area contributed by atoms with Gasteiger partial charge in [0.1, 0.15) is 0 Å². The van der Waals surface area contributed by atoms with Crippen LogP contribution in [0.25, 0.3) is 0 Å². The van der Waals surface area contributed by atoms with Crippen molar-refractivity contribution in [3.63, 3.8) is 0 Å². The molecule has 3 heteroatoms. The molecule has 12 heavy (non-hydrogen) atoms. The van der Waals surface area contributed by atoms with E-state index < -0.39 is 0 Å². The lowest BCUT2D eigenvalue weighted by Gasteiger charge is -2.34. The van der Waals surface area contributed by atoms with Gasteiger partial charge in [0.25, 0.3) is 0 Å². The number of aldehydes is 1. The molecule has 0 amide bonds. The Balaban J connectivity index is 2.13. The Bertz CT molecular complexity index is 321. The normalized spacial score (nSPS) is 16.0. The van der Waals surface area contributed by atoms with Crippen LogP contribution in [0.3, 0.4) is 0 Å². The SMILES string of the molecule is C=C1CN(c2csc(C=O)c2)C1. The van der Waals surface area contributed by atoms with Gasteiger partial charge in [-0.05, 0) is 11.6 Å². The van der Waals surface area contributed by atoms with Crippen molar-refractivity contribution in [3.8, 4) is 0 Å². The first-order valence-electron chi connectivity index (χ1n) is 3.75. The molecule has 0 aliphatic carbocycles. The molecule has 1 aromatic rings. The maximum atomic E-state index is 10.4. The lowest BCUT2D eigenvalue weighted by atomic mass is 10.1. The molecule has 2 nitrogen and oxygen atoms in total. The largest absolute Gasteiger partial charge is 0.363 e. The maximum absolute atomic E-state index is 10.4. The highest BCUT2D eigenvalue weighted by atomic mass is 32.1. The molecule has 2 rings (SSSR count). The zero-order valence-corrected chi connectivity index (χ0v) is 7.43. The van der Waals surface area contributed by atoms with E-state index in [2.05, 4.69) is 11.5 Å². The van der Waals surface area contributed by atoms with E-state index in [0.29, 0.717) is 0 Å². The summed E-state index contributed by atoms with van der Waals surface area (Å²) in [7, 11) is 0. The summed E-state index contributed by atoms with van der Waals surface area (Å²) in [6.07, 6.45) is 0.892. The lowest BCUT2D eigenvalue weighted by molar-refractivity contribution is 0.112. The average Bonchev–Trinajstić information content (AvgIpc) is 2.46. The van der Waals surface area contributed by atoms with Gasteiger partial charge in [-0.15, -0.1) is 11.3 Å². The highest BCUT2D eigenvalue weighted by molar-refractivity contribution is 7.12. The summed E-state index contributed by atoms with van der Waals surface area (Å²) in [5, 5.41) is 2.01. The van der Waals surface area contributed by atoms with Crippen molar-refractivity contribution in [3.05, 3.63) is 28.5 Å². The number of hydrogen-bond acceptors (Lipinski definition) is 3. The van der Waals surface area contributed by atoms with Crippen LogP contribution >= 0.6 is 11.3 Å². The first kappa shape index (κ1) is 7.55. The second kappa shape index (κ2) is 2.75. The number of nitrogens with zero attached hydrogens (tertiary/aromatic N) is 1. The van der Waals surface area contributed by atoms with Gasteiger partial charge in [-0.2, -0.15) is 0 Å². The van der Waals surface area contributed by atoms with E-state index in [0.717, 1.165) is 29.9 Å². The van der Waals surface area contributed by atoms with Gasteiger partial charge in [0.15, 0.2) is 6.29 Å². The van der Waals surface area contributed by atoms with Gasteiger partial charge in [-0.1, -0.05) is 6.58 Å². The summed E-state index contributed by atoms with van der Waals surface area (Å²) < 4.78 is 0. The Kier molecular flexibility index (Phi) is 1.73. The van der Waals surface area contributed by atoms with E-state index >= 15 is 0 Å². The van der Waals surface area contributed by atoms with Crippen molar-refractivity contribution in [1.82, 2.24) is 0 Å². The van der Waals surface area contributed by atoms with Crippen LogP contribution < -0.4 is 4.90 Å². The molecule has 1 aromatic heterocycles. The molecule has 0 atom stereocenters. The molecular formula is C9H9NOS. The molecule has 0 unspecified atom stereocenters. The molecule has 1 aliphatic rings. The van der Waals surface area contributed by atoms with Gasteiger partial charge in [0, 0.05) is 24.2 Å². The summed E-state index contributed by atoms with van der Waals surface area (Å²) in [5.41, 5.74) is 2.41. The van der Waals surface area contributed by atoms with E-state index in [4.69, 9.17) is 0 Å². The molecule has 2 heterocycles. The number of carbonyl (C=O) groups excluding carboxylic acids is 1. The average molecular weight is 179 g/mol. The number of hydrogen-bond donors (Lipinski definition) is 0. The third-order valence-corrected chi connectivity index (χ3v) is 2.76. The summed E-state index contributed by atoms with van der Waals surface area (Å²) >= 11 is 1.49. The third kappa shape index (κ3) is 1.16. The summed E-state index contributed by atoms with van der Waals surface area (Å²) in [5.74, 6) is 0. The minimum Gasteiger partial charge on any atom is -0.363 e. The van der Waals surface area contributed by atoms with E-state index in [1.807, 2.05) is 11.4 Å². The topological polar surface area (TPSA) is 20.3 Å². The molecule has 1 aliphatic heterocycles. The van der Waals surface area contributed by atoms with Crippen LogP contribution in [0, 0.1) is 0 Å².